The van der Waals surface area contributed by atoms with Crippen molar-refractivity contribution in [3.8, 4) is 0 Å². The van der Waals surface area contributed by atoms with E-state index >= 15 is 0 Å². The summed E-state index contributed by atoms with van der Waals surface area (Å²) in [5, 5.41) is 6.29. The minimum atomic E-state index is -0.784. The van der Waals surface area contributed by atoms with Gasteiger partial charge in [0.25, 0.3) is 5.91 Å². The summed E-state index contributed by atoms with van der Waals surface area (Å²) in [5.74, 6) is 0.912. The number of carbonyl (C=O) groups is 2. The number of carbonyl (C=O) groups excluding carboxylic acids is 2. The largest absolute Gasteiger partial charge is 0.452 e. The maximum atomic E-state index is 12.1. The fraction of sp³-hybridized carbons (Fsp3) is 0.688. The fourth-order valence-electron chi connectivity index (χ4n) is 2.79. The van der Waals surface area contributed by atoms with Crippen LogP contribution < -0.4 is 5.32 Å². The van der Waals surface area contributed by atoms with Crippen LogP contribution in [0.2, 0.25) is 0 Å². The molecule has 1 amide bonds. The Bertz CT molecular complexity index is 506. The molecule has 22 heavy (non-hydrogen) atoms. The Morgan fingerprint density at radius 2 is 2.18 bits per heavy atom. The number of aromatic nitrogens is 1. The van der Waals surface area contributed by atoms with Gasteiger partial charge in [-0.2, -0.15) is 0 Å². The molecule has 0 unspecified atom stereocenters. The van der Waals surface area contributed by atoms with E-state index in [1.807, 2.05) is 6.92 Å². The third-order valence-electron chi connectivity index (χ3n) is 4.05. The molecule has 122 valence electrons. The van der Waals surface area contributed by atoms with Crippen molar-refractivity contribution in [1.29, 1.82) is 0 Å². The van der Waals surface area contributed by atoms with E-state index in [4.69, 9.17) is 9.26 Å². The van der Waals surface area contributed by atoms with Crippen molar-refractivity contribution in [3.63, 3.8) is 0 Å². The number of hydrogen-bond donors (Lipinski definition) is 1. The Hall–Kier alpha value is -1.85. The summed E-state index contributed by atoms with van der Waals surface area (Å²) >= 11 is 0. The molecule has 1 N–H and O–H groups in total. The number of hydrogen-bond acceptors (Lipinski definition) is 5. The standard InChI is InChI=1S/C16H24N2O4/c1-3-13(16(20)17-14-10-11(2)22-18-14)21-15(19)9-8-12-6-4-5-7-12/h10,12-13H,3-9H2,1-2H3,(H,17,18,20)/t13-/m1/s1. The van der Waals surface area contributed by atoms with Gasteiger partial charge in [0.05, 0.1) is 0 Å². The second-order valence-electron chi connectivity index (χ2n) is 5.89. The van der Waals surface area contributed by atoms with Crippen LogP contribution in [-0.2, 0) is 14.3 Å². The van der Waals surface area contributed by atoms with Gasteiger partial charge in [0, 0.05) is 12.5 Å². The highest BCUT2D eigenvalue weighted by atomic mass is 16.5. The molecule has 1 aromatic rings. The zero-order valence-electron chi connectivity index (χ0n) is 13.3. The van der Waals surface area contributed by atoms with Crippen molar-refractivity contribution >= 4 is 17.7 Å². The Balaban J connectivity index is 1.77. The summed E-state index contributed by atoms with van der Waals surface area (Å²) in [6.07, 6.45) is 5.82. The summed E-state index contributed by atoms with van der Waals surface area (Å²) in [4.78, 5) is 24.0. The molecule has 0 aromatic carbocycles. The van der Waals surface area contributed by atoms with Gasteiger partial charge in [-0.05, 0) is 25.7 Å². The molecule has 0 bridgehead atoms. The van der Waals surface area contributed by atoms with Crippen molar-refractivity contribution in [2.45, 2.75) is 64.9 Å². The van der Waals surface area contributed by atoms with E-state index in [0.29, 0.717) is 30.3 Å². The molecule has 2 rings (SSSR count). The highest BCUT2D eigenvalue weighted by molar-refractivity contribution is 5.94. The van der Waals surface area contributed by atoms with Crippen LogP contribution in [0.3, 0.4) is 0 Å². The number of nitrogens with one attached hydrogen (secondary N) is 1. The third-order valence-corrected chi connectivity index (χ3v) is 4.05. The van der Waals surface area contributed by atoms with E-state index in [-0.39, 0.29) is 11.9 Å². The van der Waals surface area contributed by atoms with E-state index in [2.05, 4.69) is 10.5 Å². The van der Waals surface area contributed by atoms with Crippen LogP contribution in [-0.4, -0.2) is 23.1 Å². The summed E-state index contributed by atoms with van der Waals surface area (Å²) in [6.45, 7) is 3.55. The zero-order chi connectivity index (χ0) is 15.9. The number of amides is 1. The van der Waals surface area contributed by atoms with Crippen LogP contribution in [0.15, 0.2) is 10.6 Å². The van der Waals surface area contributed by atoms with Crippen LogP contribution in [0.4, 0.5) is 5.82 Å². The first-order valence-corrected chi connectivity index (χ1v) is 8.02. The number of rotatable bonds is 7. The number of nitrogens with zero attached hydrogens (tertiary/aromatic N) is 1. The minimum Gasteiger partial charge on any atom is -0.452 e. The average molecular weight is 308 g/mol. The Morgan fingerprint density at radius 3 is 2.77 bits per heavy atom. The van der Waals surface area contributed by atoms with Crippen molar-refractivity contribution in [3.05, 3.63) is 11.8 Å². The molecule has 0 radical (unpaired) electrons. The first-order chi connectivity index (χ1) is 10.6. The van der Waals surface area contributed by atoms with Crippen molar-refractivity contribution in [2.75, 3.05) is 5.32 Å². The molecular formula is C16H24N2O4. The van der Waals surface area contributed by atoms with Gasteiger partial charge in [0.15, 0.2) is 11.9 Å². The quantitative estimate of drug-likeness (QED) is 0.782. The number of aryl methyl sites for hydroxylation is 1. The summed E-state index contributed by atoms with van der Waals surface area (Å²) < 4.78 is 10.2. The average Bonchev–Trinajstić information content (AvgIpc) is 3.14. The van der Waals surface area contributed by atoms with Crippen molar-refractivity contribution in [2.24, 2.45) is 5.92 Å². The molecule has 0 saturated heterocycles. The lowest BCUT2D eigenvalue weighted by molar-refractivity contribution is -0.154. The minimum absolute atomic E-state index is 0.301. The lowest BCUT2D eigenvalue weighted by atomic mass is 10.0. The van der Waals surface area contributed by atoms with Crippen LogP contribution in [0.1, 0.15) is 57.6 Å². The molecule has 1 heterocycles. The van der Waals surface area contributed by atoms with Crippen LogP contribution in [0.25, 0.3) is 0 Å². The first-order valence-electron chi connectivity index (χ1n) is 8.02. The Labute approximate surface area is 130 Å². The molecular weight excluding hydrogens is 284 g/mol. The van der Waals surface area contributed by atoms with Gasteiger partial charge in [0.1, 0.15) is 5.76 Å². The molecule has 6 heteroatoms. The summed E-state index contributed by atoms with van der Waals surface area (Å²) in [5.41, 5.74) is 0. The zero-order valence-corrected chi connectivity index (χ0v) is 13.3. The Kier molecular flexibility index (Phi) is 5.98. The normalized spacial score (nSPS) is 16.5. The molecule has 1 aliphatic carbocycles. The van der Waals surface area contributed by atoms with Crippen LogP contribution in [0.5, 0.6) is 0 Å². The predicted molar refractivity (Wildman–Crippen MR) is 81.2 cm³/mol. The number of esters is 1. The van der Waals surface area contributed by atoms with Crippen molar-refractivity contribution < 1.29 is 18.8 Å². The molecule has 1 aliphatic rings. The molecule has 6 nitrogen and oxygen atoms in total. The van der Waals surface area contributed by atoms with Gasteiger partial charge in [-0.25, -0.2) is 0 Å². The van der Waals surface area contributed by atoms with Gasteiger partial charge in [-0.15, -0.1) is 0 Å². The van der Waals surface area contributed by atoms with E-state index < -0.39 is 6.10 Å². The van der Waals surface area contributed by atoms with Crippen LogP contribution in [0, 0.1) is 12.8 Å². The van der Waals surface area contributed by atoms with Gasteiger partial charge in [-0.1, -0.05) is 37.8 Å². The van der Waals surface area contributed by atoms with Gasteiger partial charge < -0.3 is 14.6 Å². The SMILES string of the molecule is CC[C@@H](OC(=O)CCC1CCCC1)C(=O)Nc1cc(C)on1. The third kappa shape index (κ3) is 4.86. The number of anilines is 1. The van der Waals surface area contributed by atoms with Gasteiger partial charge in [0.2, 0.25) is 0 Å². The molecule has 0 aliphatic heterocycles. The second kappa shape index (κ2) is 7.96. The molecule has 0 spiro atoms. The number of ether oxygens (including phenoxy) is 1. The fourth-order valence-corrected chi connectivity index (χ4v) is 2.79. The molecule has 1 fully saturated rings. The smallest absolute Gasteiger partial charge is 0.306 e. The van der Waals surface area contributed by atoms with Gasteiger partial charge in [-0.3, -0.25) is 9.59 Å². The van der Waals surface area contributed by atoms with E-state index in [1.165, 1.54) is 25.7 Å². The molecule has 1 atom stereocenters. The summed E-state index contributed by atoms with van der Waals surface area (Å²) in [6, 6.07) is 1.62. The topological polar surface area (TPSA) is 81.4 Å². The van der Waals surface area contributed by atoms with Gasteiger partial charge >= 0.3 is 5.97 Å². The van der Waals surface area contributed by atoms with Crippen LogP contribution >= 0.6 is 0 Å². The second-order valence-corrected chi connectivity index (χ2v) is 5.89. The Morgan fingerprint density at radius 1 is 1.45 bits per heavy atom. The lowest BCUT2D eigenvalue weighted by Gasteiger charge is -2.15. The maximum Gasteiger partial charge on any atom is 0.306 e. The maximum absolute atomic E-state index is 12.1. The van der Waals surface area contributed by atoms with E-state index in [0.717, 1.165) is 6.42 Å². The summed E-state index contributed by atoms with van der Waals surface area (Å²) in [7, 11) is 0. The highest BCUT2D eigenvalue weighted by Crippen LogP contribution is 2.28. The monoisotopic (exact) mass is 308 g/mol. The predicted octanol–water partition coefficient (Wildman–Crippen LogP) is 3.21. The van der Waals surface area contributed by atoms with E-state index in [9.17, 15) is 9.59 Å². The van der Waals surface area contributed by atoms with E-state index in [1.54, 1.807) is 13.0 Å². The first kappa shape index (κ1) is 16.5. The highest BCUT2D eigenvalue weighted by Gasteiger charge is 2.23. The molecule has 1 saturated carbocycles. The lowest BCUT2D eigenvalue weighted by Crippen LogP contribution is -2.32. The molecule has 1 aromatic heterocycles. The van der Waals surface area contributed by atoms with Crippen molar-refractivity contribution in [1.82, 2.24) is 5.16 Å².